The van der Waals surface area contributed by atoms with E-state index in [2.05, 4.69) is 45.6 Å². The highest BCUT2D eigenvalue weighted by atomic mass is 32.2. The van der Waals surface area contributed by atoms with Crippen molar-refractivity contribution in [2.75, 3.05) is 13.3 Å². The highest BCUT2D eigenvalue weighted by molar-refractivity contribution is 7.86. The quantitative estimate of drug-likeness (QED) is 0.454. The van der Waals surface area contributed by atoms with Gasteiger partial charge < -0.3 is 11.2 Å². The van der Waals surface area contributed by atoms with Crippen LogP contribution in [0.25, 0.3) is 0 Å². The van der Waals surface area contributed by atoms with Gasteiger partial charge in [0.2, 0.25) is 0 Å². The number of hydrogen-bond acceptors (Lipinski definition) is 4. The fourth-order valence-corrected chi connectivity index (χ4v) is 2.51. The van der Waals surface area contributed by atoms with E-state index in [0.717, 1.165) is 25.0 Å². The van der Waals surface area contributed by atoms with Crippen molar-refractivity contribution in [1.29, 1.82) is 0 Å². The molecule has 5 nitrogen and oxygen atoms in total. The summed E-state index contributed by atoms with van der Waals surface area (Å²) in [6.45, 7) is 14.7. The molecule has 0 aromatic rings. The Labute approximate surface area is 163 Å². The van der Waals surface area contributed by atoms with Crippen molar-refractivity contribution in [3.8, 4) is 0 Å². The smallest absolute Gasteiger partial charge is 0.264 e. The summed E-state index contributed by atoms with van der Waals surface area (Å²) in [6, 6.07) is 0. The standard InChI is InChI=1S/C10H20.C9H18O3S.CH5N.H2O/c1-5-10(4)8-6-7-9(2)3;1-8(2)6-5-7-9(3)12-13(4,10)11;1-2;/h7,10H,5-6,8H2,1-4H3;6,9H,5,7H2,1-4H3;2H2,1H3;1H2/t10-;9-;;/m00../s1. The lowest BCUT2D eigenvalue weighted by molar-refractivity contribution is 0.222. The second kappa shape index (κ2) is 20.6. The lowest BCUT2D eigenvalue weighted by Crippen LogP contribution is -2.13. The van der Waals surface area contributed by atoms with E-state index in [4.69, 9.17) is 4.18 Å². The summed E-state index contributed by atoms with van der Waals surface area (Å²) in [5.41, 5.74) is 7.19. The van der Waals surface area contributed by atoms with Gasteiger partial charge in [-0.15, -0.1) is 0 Å². The molecule has 160 valence electrons. The van der Waals surface area contributed by atoms with Crippen LogP contribution in [0, 0.1) is 5.92 Å². The van der Waals surface area contributed by atoms with E-state index in [9.17, 15) is 8.42 Å². The maximum Gasteiger partial charge on any atom is 0.264 e. The number of hydrogen-bond donors (Lipinski definition) is 1. The Balaban J connectivity index is -0.000000168. The van der Waals surface area contributed by atoms with Crippen molar-refractivity contribution in [3.63, 3.8) is 0 Å². The first-order chi connectivity index (χ1) is 11.5. The molecule has 0 aliphatic carbocycles. The van der Waals surface area contributed by atoms with E-state index in [1.165, 1.54) is 37.5 Å². The van der Waals surface area contributed by atoms with Gasteiger partial charge in [0.25, 0.3) is 10.1 Å². The number of nitrogens with two attached hydrogens (primary N) is 1. The van der Waals surface area contributed by atoms with E-state index >= 15 is 0 Å². The van der Waals surface area contributed by atoms with Crippen molar-refractivity contribution >= 4 is 10.1 Å². The Morgan fingerprint density at radius 3 is 1.65 bits per heavy atom. The second-order valence-electron chi connectivity index (χ2n) is 6.84. The Morgan fingerprint density at radius 2 is 1.35 bits per heavy atom. The van der Waals surface area contributed by atoms with Crippen LogP contribution in [0.2, 0.25) is 0 Å². The minimum atomic E-state index is -3.29. The monoisotopic (exact) mass is 395 g/mol. The fourth-order valence-electron chi connectivity index (χ4n) is 1.81. The van der Waals surface area contributed by atoms with Gasteiger partial charge in [0.1, 0.15) is 0 Å². The SMILES string of the molecule is CC(C)=CCC[C@H](C)OS(C)(=O)=O.CC[C@H](C)CCC=C(C)C.CN.O. The highest BCUT2D eigenvalue weighted by Crippen LogP contribution is 2.10. The lowest BCUT2D eigenvalue weighted by Gasteiger charge is -2.08. The molecule has 0 bridgehead atoms. The van der Waals surface area contributed by atoms with Crippen LogP contribution >= 0.6 is 0 Å². The Kier molecular flexibility index (Phi) is 26.1. The molecule has 26 heavy (non-hydrogen) atoms. The molecule has 0 radical (unpaired) electrons. The van der Waals surface area contributed by atoms with Gasteiger partial charge in [-0.25, -0.2) is 0 Å². The van der Waals surface area contributed by atoms with E-state index in [1.807, 2.05) is 13.8 Å². The van der Waals surface area contributed by atoms with Gasteiger partial charge >= 0.3 is 0 Å². The summed E-state index contributed by atoms with van der Waals surface area (Å²) < 4.78 is 26.2. The van der Waals surface area contributed by atoms with Gasteiger partial charge in [-0.1, -0.05) is 43.6 Å². The number of rotatable bonds is 9. The molecule has 0 fully saturated rings. The van der Waals surface area contributed by atoms with Crippen LogP contribution in [0.1, 0.15) is 80.6 Å². The molecule has 0 saturated heterocycles. The summed E-state index contributed by atoms with van der Waals surface area (Å²) in [4.78, 5) is 0. The molecule has 0 saturated carbocycles. The summed E-state index contributed by atoms with van der Waals surface area (Å²) >= 11 is 0. The first kappa shape index (κ1) is 32.9. The fraction of sp³-hybridized carbons (Fsp3) is 0.800. The number of allylic oxidation sites excluding steroid dienone is 4. The maximum atomic E-state index is 10.7. The molecule has 0 aromatic carbocycles. The van der Waals surface area contributed by atoms with Crippen LogP contribution in [-0.4, -0.2) is 33.3 Å². The van der Waals surface area contributed by atoms with Crippen molar-refractivity contribution in [3.05, 3.63) is 23.3 Å². The third kappa shape index (κ3) is 34.6. The van der Waals surface area contributed by atoms with Gasteiger partial charge in [-0.2, -0.15) is 8.42 Å². The van der Waals surface area contributed by atoms with Crippen LogP contribution in [-0.2, 0) is 14.3 Å². The molecule has 4 N–H and O–H groups in total. The summed E-state index contributed by atoms with van der Waals surface area (Å²) in [6.07, 6.45) is 10.8. The zero-order valence-electron chi connectivity index (χ0n) is 18.6. The molecule has 0 aliphatic rings. The van der Waals surface area contributed by atoms with Crippen LogP contribution in [0.5, 0.6) is 0 Å². The average molecular weight is 396 g/mol. The predicted molar refractivity (Wildman–Crippen MR) is 116 cm³/mol. The molecule has 0 rings (SSSR count). The van der Waals surface area contributed by atoms with Crippen LogP contribution in [0.3, 0.4) is 0 Å². The zero-order valence-corrected chi connectivity index (χ0v) is 19.4. The van der Waals surface area contributed by atoms with Crippen molar-refractivity contribution in [2.24, 2.45) is 11.7 Å². The van der Waals surface area contributed by atoms with E-state index < -0.39 is 10.1 Å². The first-order valence-electron chi connectivity index (χ1n) is 9.20. The van der Waals surface area contributed by atoms with Crippen molar-refractivity contribution in [2.45, 2.75) is 86.7 Å². The topological polar surface area (TPSA) is 101 Å². The maximum absolute atomic E-state index is 10.7. The van der Waals surface area contributed by atoms with Gasteiger partial charge in [0.05, 0.1) is 12.4 Å². The third-order valence-electron chi connectivity index (χ3n) is 3.37. The molecule has 0 aliphatic heterocycles. The summed E-state index contributed by atoms with van der Waals surface area (Å²) in [5.74, 6) is 0.899. The highest BCUT2D eigenvalue weighted by Gasteiger charge is 2.08. The Bertz CT molecular complexity index is 448. The van der Waals surface area contributed by atoms with Gasteiger partial charge in [0, 0.05) is 0 Å². The summed E-state index contributed by atoms with van der Waals surface area (Å²) in [7, 11) is -1.79. The molecular formula is C20H45NO4S. The lowest BCUT2D eigenvalue weighted by atomic mass is 10.0. The average Bonchev–Trinajstić information content (AvgIpc) is 2.47. The molecule has 2 atom stereocenters. The van der Waals surface area contributed by atoms with Gasteiger partial charge in [0.15, 0.2) is 0 Å². The molecule has 6 heteroatoms. The predicted octanol–water partition coefficient (Wildman–Crippen LogP) is 4.63. The second-order valence-corrected chi connectivity index (χ2v) is 8.44. The normalized spacial score (nSPS) is 12.1. The molecular weight excluding hydrogens is 350 g/mol. The van der Waals surface area contributed by atoms with E-state index in [0.29, 0.717) is 0 Å². The molecule has 0 spiro atoms. The minimum absolute atomic E-state index is 0. The van der Waals surface area contributed by atoms with E-state index in [1.54, 1.807) is 6.92 Å². The molecule has 0 unspecified atom stereocenters. The van der Waals surface area contributed by atoms with Crippen LogP contribution in [0.4, 0.5) is 0 Å². The Morgan fingerprint density at radius 1 is 0.962 bits per heavy atom. The minimum Gasteiger partial charge on any atom is -0.412 e. The van der Waals surface area contributed by atoms with E-state index in [-0.39, 0.29) is 11.6 Å². The van der Waals surface area contributed by atoms with Crippen LogP contribution < -0.4 is 5.73 Å². The first-order valence-corrected chi connectivity index (χ1v) is 11.0. The Hall–Kier alpha value is -0.690. The van der Waals surface area contributed by atoms with Crippen LogP contribution in [0.15, 0.2) is 23.3 Å². The molecule has 0 amide bonds. The third-order valence-corrected chi connectivity index (χ3v) is 4.05. The van der Waals surface area contributed by atoms with Gasteiger partial charge in [-0.05, 0) is 73.3 Å². The molecule has 0 aromatic heterocycles. The van der Waals surface area contributed by atoms with Crippen molar-refractivity contribution < 1.29 is 18.1 Å². The summed E-state index contributed by atoms with van der Waals surface area (Å²) in [5, 5.41) is 0. The van der Waals surface area contributed by atoms with Crippen molar-refractivity contribution in [1.82, 2.24) is 0 Å². The zero-order chi connectivity index (χ0) is 20.5. The largest absolute Gasteiger partial charge is 0.412 e. The van der Waals surface area contributed by atoms with Gasteiger partial charge in [-0.3, -0.25) is 4.18 Å². The molecule has 0 heterocycles.